The number of anilines is 1. The predicted molar refractivity (Wildman–Crippen MR) is 82.2 cm³/mol. The van der Waals surface area contributed by atoms with E-state index >= 15 is 0 Å². The molecular formula is C16H14N2O2S. The molecule has 0 aliphatic heterocycles. The summed E-state index contributed by atoms with van der Waals surface area (Å²) in [7, 11) is -1.37. The van der Waals surface area contributed by atoms with E-state index in [1.54, 1.807) is 36.4 Å². The van der Waals surface area contributed by atoms with Gasteiger partial charge in [0.1, 0.15) is 5.75 Å². The maximum atomic E-state index is 12.2. The Balaban J connectivity index is 2.00. The molecule has 4 nitrogen and oxygen atoms in total. The van der Waals surface area contributed by atoms with E-state index < -0.39 is 10.8 Å². The van der Waals surface area contributed by atoms with E-state index in [9.17, 15) is 9.00 Å². The Morgan fingerprint density at radius 3 is 2.48 bits per heavy atom. The maximum absolute atomic E-state index is 12.2. The summed E-state index contributed by atoms with van der Waals surface area (Å²) >= 11 is 0. The number of hydrogen-bond acceptors (Lipinski definition) is 3. The third-order valence-corrected chi connectivity index (χ3v) is 4.37. The van der Waals surface area contributed by atoms with Crippen molar-refractivity contribution in [3.63, 3.8) is 0 Å². The summed E-state index contributed by atoms with van der Waals surface area (Å²) in [5.74, 6) is -0.411. The number of aryl methyl sites for hydroxylation is 1. The highest BCUT2D eigenvalue weighted by molar-refractivity contribution is 7.85. The summed E-state index contributed by atoms with van der Waals surface area (Å²) in [4.78, 5) is 12.6. The van der Waals surface area contributed by atoms with Crippen molar-refractivity contribution in [2.45, 2.75) is 11.8 Å². The van der Waals surface area contributed by atoms with E-state index in [1.165, 1.54) is 0 Å². The van der Waals surface area contributed by atoms with Crippen molar-refractivity contribution in [2.24, 2.45) is 0 Å². The Morgan fingerprint density at radius 1 is 1.19 bits per heavy atom. The second-order valence-corrected chi connectivity index (χ2v) is 5.91. The Morgan fingerprint density at radius 2 is 1.86 bits per heavy atom. The molecule has 2 aromatic rings. The molecule has 2 aromatic carbocycles. The lowest BCUT2D eigenvalue weighted by Crippen LogP contribution is -2.19. The number of rotatable bonds is 4. The minimum absolute atomic E-state index is 0.0924. The van der Waals surface area contributed by atoms with Crippen LogP contribution < -0.4 is 5.32 Å². The van der Waals surface area contributed by atoms with Crippen molar-refractivity contribution in [1.29, 1.82) is 5.26 Å². The van der Waals surface area contributed by atoms with Gasteiger partial charge in [0, 0.05) is 10.6 Å². The third-order valence-electron chi connectivity index (χ3n) is 2.90. The van der Waals surface area contributed by atoms with Crippen LogP contribution in [0.25, 0.3) is 0 Å². The first-order valence-electron chi connectivity index (χ1n) is 6.34. The molecule has 106 valence electrons. The number of nitrogens with one attached hydrogen (secondary N) is 1. The van der Waals surface area contributed by atoms with Gasteiger partial charge in [0.15, 0.2) is 0 Å². The SMILES string of the molecule is Cc1ccccc1S(=O)CC(=O)Nc1ccc(C#N)cc1. The Kier molecular flexibility index (Phi) is 4.85. The largest absolute Gasteiger partial charge is 0.325 e. The normalized spacial score (nSPS) is 11.4. The van der Waals surface area contributed by atoms with E-state index in [2.05, 4.69) is 5.32 Å². The summed E-state index contributed by atoms with van der Waals surface area (Å²) in [5, 5.41) is 11.4. The van der Waals surface area contributed by atoms with Gasteiger partial charge in [-0.1, -0.05) is 18.2 Å². The lowest BCUT2D eigenvalue weighted by molar-refractivity contribution is -0.113. The van der Waals surface area contributed by atoms with Crippen LogP contribution in [0.5, 0.6) is 0 Å². The molecule has 21 heavy (non-hydrogen) atoms. The lowest BCUT2D eigenvalue weighted by Gasteiger charge is -2.07. The Labute approximate surface area is 125 Å². The van der Waals surface area contributed by atoms with Crippen LogP contribution in [0.3, 0.4) is 0 Å². The minimum Gasteiger partial charge on any atom is -0.325 e. The highest BCUT2D eigenvalue weighted by Gasteiger charge is 2.12. The number of amides is 1. The molecule has 1 unspecified atom stereocenters. The lowest BCUT2D eigenvalue weighted by atomic mass is 10.2. The van der Waals surface area contributed by atoms with Gasteiger partial charge in [-0.05, 0) is 42.8 Å². The van der Waals surface area contributed by atoms with Crippen LogP contribution in [0.2, 0.25) is 0 Å². The average molecular weight is 298 g/mol. The van der Waals surface area contributed by atoms with Crippen molar-refractivity contribution in [3.8, 4) is 6.07 Å². The molecule has 0 aliphatic carbocycles. The number of nitriles is 1. The Bertz CT molecular complexity index is 718. The fraction of sp³-hybridized carbons (Fsp3) is 0.125. The van der Waals surface area contributed by atoms with Crippen molar-refractivity contribution < 1.29 is 9.00 Å². The molecule has 5 heteroatoms. The van der Waals surface area contributed by atoms with E-state index in [0.29, 0.717) is 16.1 Å². The predicted octanol–water partition coefficient (Wildman–Crippen LogP) is 2.61. The van der Waals surface area contributed by atoms with E-state index in [4.69, 9.17) is 5.26 Å². The van der Waals surface area contributed by atoms with Gasteiger partial charge in [-0.2, -0.15) is 5.26 Å². The molecule has 0 bridgehead atoms. The van der Waals surface area contributed by atoms with Gasteiger partial charge in [0.05, 0.1) is 22.4 Å². The summed E-state index contributed by atoms with van der Waals surface area (Å²) in [6.07, 6.45) is 0. The zero-order chi connectivity index (χ0) is 15.2. The van der Waals surface area contributed by atoms with Crippen LogP contribution in [-0.2, 0) is 15.6 Å². The highest BCUT2D eigenvalue weighted by atomic mass is 32.2. The molecule has 1 N–H and O–H groups in total. The smallest absolute Gasteiger partial charge is 0.237 e. The standard InChI is InChI=1S/C16H14N2O2S/c1-12-4-2-3-5-15(12)21(20)11-16(19)18-14-8-6-13(10-17)7-9-14/h2-9H,11H2,1H3,(H,18,19). The zero-order valence-electron chi connectivity index (χ0n) is 11.5. The van der Waals surface area contributed by atoms with Crippen molar-refractivity contribution in [2.75, 3.05) is 11.1 Å². The van der Waals surface area contributed by atoms with Crippen molar-refractivity contribution >= 4 is 22.4 Å². The van der Waals surface area contributed by atoms with Crippen LogP contribution in [0, 0.1) is 18.3 Å². The molecule has 0 fully saturated rings. The molecule has 0 aromatic heterocycles. The average Bonchev–Trinajstić information content (AvgIpc) is 2.48. The molecular weight excluding hydrogens is 284 g/mol. The van der Waals surface area contributed by atoms with Gasteiger partial charge in [0.25, 0.3) is 0 Å². The number of hydrogen-bond donors (Lipinski definition) is 1. The zero-order valence-corrected chi connectivity index (χ0v) is 12.3. The fourth-order valence-corrected chi connectivity index (χ4v) is 2.96. The van der Waals surface area contributed by atoms with Crippen LogP contribution in [0.15, 0.2) is 53.4 Å². The number of benzene rings is 2. The molecule has 0 radical (unpaired) electrons. The minimum atomic E-state index is -1.37. The van der Waals surface area contributed by atoms with Gasteiger partial charge >= 0.3 is 0 Å². The van der Waals surface area contributed by atoms with Crippen molar-refractivity contribution in [3.05, 3.63) is 59.7 Å². The first kappa shape index (κ1) is 14.9. The number of carbonyl (C=O) groups excluding carboxylic acids is 1. The van der Waals surface area contributed by atoms with E-state index in [-0.39, 0.29) is 11.7 Å². The summed E-state index contributed by atoms with van der Waals surface area (Å²) in [6, 6.07) is 15.8. The van der Waals surface area contributed by atoms with Gasteiger partial charge in [-0.3, -0.25) is 9.00 Å². The van der Waals surface area contributed by atoms with Crippen LogP contribution in [-0.4, -0.2) is 15.9 Å². The van der Waals surface area contributed by atoms with Crippen molar-refractivity contribution in [1.82, 2.24) is 0 Å². The fourth-order valence-electron chi connectivity index (χ4n) is 1.83. The molecule has 0 heterocycles. The molecule has 0 saturated carbocycles. The first-order chi connectivity index (χ1) is 10.1. The highest BCUT2D eigenvalue weighted by Crippen LogP contribution is 2.13. The monoisotopic (exact) mass is 298 g/mol. The third kappa shape index (κ3) is 4.01. The molecule has 1 atom stereocenters. The Hall–Kier alpha value is -2.45. The van der Waals surface area contributed by atoms with Gasteiger partial charge in [0.2, 0.25) is 5.91 Å². The molecule has 0 spiro atoms. The molecule has 1 amide bonds. The molecule has 0 saturated heterocycles. The number of nitrogens with zero attached hydrogens (tertiary/aromatic N) is 1. The van der Waals surface area contributed by atoms with Gasteiger partial charge < -0.3 is 5.32 Å². The van der Waals surface area contributed by atoms with Crippen LogP contribution >= 0.6 is 0 Å². The molecule has 2 rings (SSSR count). The second-order valence-electron chi connectivity index (χ2n) is 4.49. The quantitative estimate of drug-likeness (QED) is 0.943. The van der Waals surface area contributed by atoms with Crippen LogP contribution in [0.4, 0.5) is 5.69 Å². The summed E-state index contributed by atoms with van der Waals surface area (Å²) in [5.41, 5.74) is 2.01. The second kappa shape index (κ2) is 6.82. The maximum Gasteiger partial charge on any atom is 0.237 e. The van der Waals surface area contributed by atoms with Gasteiger partial charge in [-0.25, -0.2) is 0 Å². The first-order valence-corrected chi connectivity index (χ1v) is 7.66. The topological polar surface area (TPSA) is 70.0 Å². The van der Waals surface area contributed by atoms with Gasteiger partial charge in [-0.15, -0.1) is 0 Å². The summed E-state index contributed by atoms with van der Waals surface area (Å²) in [6.45, 7) is 1.87. The van der Waals surface area contributed by atoms with Crippen LogP contribution in [0.1, 0.15) is 11.1 Å². The molecule has 0 aliphatic rings. The van der Waals surface area contributed by atoms with E-state index in [1.807, 2.05) is 25.1 Å². The van der Waals surface area contributed by atoms with E-state index in [0.717, 1.165) is 5.56 Å². The number of carbonyl (C=O) groups is 1. The summed E-state index contributed by atoms with van der Waals surface area (Å²) < 4.78 is 12.2.